The van der Waals surface area contributed by atoms with Gasteiger partial charge in [-0.25, -0.2) is 4.98 Å². The Balaban J connectivity index is 2.66. The number of anilines is 1. The Bertz CT molecular complexity index is 304. The van der Waals surface area contributed by atoms with Crippen LogP contribution in [0.5, 0.6) is 0 Å². The smallest absolute Gasteiger partial charge is 0.145 e. The number of halogens is 1. The van der Waals surface area contributed by atoms with Gasteiger partial charge in [0.1, 0.15) is 5.82 Å². The van der Waals surface area contributed by atoms with Crippen LogP contribution in [0.25, 0.3) is 0 Å². The molecule has 0 saturated carbocycles. The molecule has 0 saturated heterocycles. The van der Waals surface area contributed by atoms with Crippen molar-refractivity contribution < 1.29 is 5.11 Å². The molecule has 0 unspecified atom stereocenters. The fourth-order valence-electron chi connectivity index (χ4n) is 1.07. The van der Waals surface area contributed by atoms with Crippen LogP contribution in [0, 0.1) is 0 Å². The van der Waals surface area contributed by atoms with Crippen LogP contribution in [0.3, 0.4) is 0 Å². The van der Waals surface area contributed by atoms with Crippen LogP contribution in [-0.4, -0.2) is 22.7 Å². The van der Waals surface area contributed by atoms with E-state index in [0.29, 0.717) is 17.3 Å². The quantitative estimate of drug-likeness (QED) is 0.735. The van der Waals surface area contributed by atoms with Gasteiger partial charge in [-0.15, -0.1) is 6.58 Å². The number of rotatable bonds is 5. The van der Waals surface area contributed by atoms with E-state index in [9.17, 15) is 0 Å². The predicted molar refractivity (Wildman–Crippen MR) is 58.6 cm³/mol. The number of nitrogens with one attached hydrogen (secondary N) is 1. The number of aliphatic hydroxyl groups excluding tert-OH is 1. The van der Waals surface area contributed by atoms with Gasteiger partial charge in [0, 0.05) is 6.20 Å². The van der Waals surface area contributed by atoms with Crippen molar-refractivity contribution >= 4 is 17.4 Å². The summed E-state index contributed by atoms with van der Waals surface area (Å²) in [5, 5.41) is 12.6. The largest absolute Gasteiger partial charge is 0.394 e. The highest BCUT2D eigenvalue weighted by atomic mass is 35.5. The number of hydrogen-bond acceptors (Lipinski definition) is 3. The lowest BCUT2D eigenvalue weighted by Crippen LogP contribution is -2.23. The highest BCUT2D eigenvalue weighted by molar-refractivity contribution is 6.32. The molecule has 0 aliphatic heterocycles. The molecule has 76 valence electrons. The van der Waals surface area contributed by atoms with Gasteiger partial charge in [-0.2, -0.15) is 0 Å². The lowest BCUT2D eigenvalue weighted by Gasteiger charge is -2.15. The number of hydrogen-bond donors (Lipinski definition) is 2. The third-order valence-electron chi connectivity index (χ3n) is 1.77. The van der Waals surface area contributed by atoms with E-state index in [1.54, 1.807) is 24.4 Å². The number of nitrogens with zero attached hydrogens (tertiary/aromatic N) is 1. The fourth-order valence-corrected chi connectivity index (χ4v) is 1.24. The maximum absolute atomic E-state index is 9.03. The van der Waals surface area contributed by atoms with Gasteiger partial charge >= 0.3 is 0 Å². The van der Waals surface area contributed by atoms with Gasteiger partial charge in [-0.3, -0.25) is 0 Å². The zero-order valence-corrected chi connectivity index (χ0v) is 8.54. The molecule has 0 aliphatic carbocycles. The Morgan fingerprint density at radius 1 is 1.71 bits per heavy atom. The molecule has 4 heteroatoms. The Morgan fingerprint density at radius 3 is 3.07 bits per heavy atom. The molecular formula is C10H13ClN2O. The van der Waals surface area contributed by atoms with E-state index in [-0.39, 0.29) is 12.6 Å². The molecule has 0 aromatic carbocycles. The summed E-state index contributed by atoms with van der Waals surface area (Å²) in [5.74, 6) is 0.593. The van der Waals surface area contributed by atoms with Gasteiger partial charge in [-0.1, -0.05) is 17.7 Å². The van der Waals surface area contributed by atoms with Gasteiger partial charge < -0.3 is 10.4 Å². The van der Waals surface area contributed by atoms with E-state index in [4.69, 9.17) is 16.7 Å². The molecule has 0 bridgehead atoms. The minimum atomic E-state index is -0.0834. The minimum Gasteiger partial charge on any atom is -0.394 e. The Morgan fingerprint density at radius 2 is 2.50 bits per heavy atom. The number of pyridine rings is 1. The van der Waals surface area contributed by atoms with E-state index >= 15 is 0 Å². The number of aliphatic hydroxyl groups is 1. The average molecular weight is 213 g/mol. The topological polar surface area (TPSA) is 45.1 Å². The summed E-state index contributed by atoms with van der Waals surface area (Å²) in [6.45, 7) is 3.63. The van der Waals surface area contributed by atoms with Gasteiger partial charge in [0.25, 0.3) is 0 Å². The second-order valence-electron chi connectivity index (χ2n) is 2.88. The minimum absolute atomic E-state index is 0.0267. The summed E-state index contributed by atoms with van der Waals surface area (Å²) in [4.78, 5) is 4.06. The summed E-state index contributed by atoms with van der Waals surface area (Å²) in [7, 11) is 0. The van der Waals surface area contributed by atoms with Crippen LogP contribution in [0.15, 0.2) is 31.0 Å². The summed E-state index contributed by atoms with van der Waals surface area (Å²) in [6.07, 6.45) is 4.06. The molecule has 14 heavy (non-hydrogen) atoms. The highest BCUT2D eigenvalue weighted by Crippen LogP contribution is 2.18. The first-order valence-corrected chi connectivity index (χ1v) is 4.74. The molecule has 3 nitrogen and oxygen atoms in total. The van der Waals surface area contributed by atoms with Crippen molar-refractivity contribution in [3.63, 3.8) is 0 Å². The van der Waals surface area contributed by atoms with Gasteiger partial charge in [-0.05, 0) is 18.6 Å². The highest BCUT2D eigenvalue weighted by Gasteiger charge is 2.07. The molecule has 1 atom stereocenters. The summed E-state index contributed by atoms with van der Waals surface area (Å²) in [5.41, 5.74) is 0. The van der Waals surface area contributed by atoms with Gasteiger partial charge in [0.2, 0.25) is 0 Å². The van der Waals surface area contributed by atoms with E-state index in [1.807, 2.05) is 0 Å². The third-order valence-corrected chi connectivity index (χ3v) is 2.08. The molecule has 0 spiro atoms. The van der Waals surface area contributed by atoms with Crippen LogP contribution in [0.2, 0.25) is 5.02 Å². The fraction of sp³-hybridized carbons (Fsp3) is 0.300. The SMILES string of the molecule is C=CC[C@@H](CO)Nc1ncccc1Cl. The Kier molecular flexibility index (Phi) is 4.43. The summed E-state index contributed by atoms with van der Waals surface area (Å²) < 4.78 is 0. The standard InChI is InChI=1S/C10H13ClN2O/c1-2-4-8(7-14)13-10-9(11)5-3-6-12-10/h2-3,5-6,8,14H,1,4,7H2,(H,12,13)/t8-/m0/s1. The third kappa shape index (κ3) is 3.01. The number of aromatic nitrogens is 1. The summed E-state index contributed by atoms with van der Waals surface area (Å²) >= 11 is 5.89. The van der Waals surface area contributed by atoms with Crippen molar-refractivity contribution in [2.24, 2.45) is 0 Å². The molecule has 1 heterocycles. The molecule has 1 rings (SSSR count). The van der Waals surface area contributed by atoms with E-state index in [0.717, 1.165) is 0 Å². The first kappa shape index (κ1) is 11.0. The van der Waals surface area contributed by atoms with Crippen molar-refractivity contribution in [1.82, 2.24) is 4.98 Å². The van der Waals surface area contributed by atoms with Crippen molar-refractivity contribution in [2.75, 3.05) is 11.9 Å². The Hall–Kier alpha value is -1.06. The van der Waals surface area contributed by atoms with Crippen LogP contribution in [0.4, 0.5) is 5.82 Å². The molecular weight excluding hydrogens is 200 g/mol. The van der Waals surface area contributed by atoms with Gasteiger partial charge in [0.05, 0.1) is 17.7 Å². The van der Waals surface area contributed by atoms with Gasteiger partial charge in [0.15, 0.2) is 0 Å². The second kappa shape index (κ2) is 5.62. The van der Waals surface area contributed by atoms with Crippen LogP contribution in [0.1, 0.15) is 6.42 Å². The molecule has 0 amide bonds. The van der Waals surface area contributed by atoms with Crippen LogP contribution < -0.4 is 5.32 Å². The van der Waals surface area contributed by atoms with E-state index in [1.165, 1.54) is 0 Å². The van der Waals surface area contributed by atoms with Crippen molar-refractivity contribution in [1.29, 1.82) is 0 Å². The van der Waals surface area contributed by atoms with Crippen molar-refractivity contribution in [3.05, 3.63) is 36.0 Å². The lowest BCUT2D eigenvalue weighted by molar-refractivity contribution is 0.275. The zero-order chi connectivity index (χ0) is 10.4. The van der Waals surface area contributed by atoms with Crippen molar-refractivity contribution in [2.45, 2.75) is 12.5 Å². The monoisotopic (exact) mass is 212 g/mol. The van der Waals surface area contributed by atoms with Crippen LogP contribution in [-0.2, 0) is 0 Å². The first-order valence-electron chi connectivity index (χ1n) is 4.36. The average Bonchev–Trinajstić information content (AvgIpc) is 2.20. The van der Waals surface area contributed by atoms with Crippen LogP contribution >= 0.6 is 11.6 Å². The van der Waals surface area contributed by atoms with E-state index in [2.05, 4.69) is 16.9 Å². The second-order valence-corrected chi connectivity index (χ2v) is 3.29. The normalized spacial score (nSPS) is 12.1. The Labute approximate surface area is 88.4 Å². The molecule has 0 aliphatic rings. The van der Waals surface area contributed by atoms with Crippen molar-refractivity contribution in [3.8, 4) is 0 Å². The maximum atomic E-state index is 9.03. The van der Waals surface area contributed by atoms with E-state index < -0.39 is 0 Å². The predicted octanol–water partition coefficient (Wildman–Crippen LogP) is 2.08. The molecule has 0 radical (unpaired) electrons. The molecule has 0 fully saturated rings. The first-order chi connectivity index (χ1) is 6.77. The molecule has 2 N–H and O–H groups in total. The lowest BCUT2D eigenvalue weighted by atomic mass is 10.2. The molecule has 1 aromatic rings. The summed E-state index contributed by atoms with van der Waals surface area (Å²) in [6, 6.07) is 3.42. The zero-order valence-electron chi connectivity index (χ0n) is 7.78. The molecule has 1 aromatic heterocycles. The maximum Gasteiger partial charge on any atom is 0.145 e.